The Morgan fingerprint density at radius 1 is 0.919 bits per heavy atom. The Morgan fingerprint density at radius 2 is 1.62 bits per heavy atom. The summed E-state index contributed by atoms with van der Waals surface area (Å²) in [6.07, 6.45) is 0.464. The molecule has 0 saturated carbocycles. The van der Waals surface area contributed by atoms with E-state index >= 15 is 0 Å². The second kappa shape index (κ2) is 14.5. The predicted molar refractivity (Wildman–Crippen MR) is 153 cm³/mol. The molecule has 6 heteroatoms. The lowest BCUT2D eigenvalue weighted by molar-refractivity contribution is -0.139. The first-order chi connectivity index (χ1) is 17.9. The molecule has 0 aliphatic heterocycles. The van der Waals surface area contributed by atoms with Gasteiger partial charge in [0.2, 0.25) is 11.8 Å². The number of methoxy groups -OCH3 is 1. The summed E-state index contributed by atoms with van der Waals surface area (Å²) in [5.74, 6) is 1.98. The van der Waals surface area contributed by atoms with Crippen LogP contribution in [-0.4, -0.2) is 42.2 Å². The number of amides is 2. The van der Waals surface area contributed by atoms with Crippen LogP contribution in [0.1, 0.15) is 36.1 Å². The van der Waals surface area contributed by atoms with Gasteiger partial charge in [-0.25, -0.2) is 0 Å². The summed E-state index contributed by atoms with van der Waals surface area (Å²) in [4.78, 5) is 29.0. The highest BCUT2D eigenvalue weighted by molar-refractivity contribution is 7.99. The molecule has 3 rings (SSSR count). The standard InChI is InChI=1S/C31H38N2O3S/c1-23(2)19-32-31(35)29(18-25-10-6-5-7-11-25)33(20-27-12-8-9-24(3)17-27)30(34)22-37-21-26-13-15-28(36-4)16-14-26/h5-17,23,29H,18-22H2,1-4H3,(H,32,35)/t29-/m1/s1. The number of hydrogen-bond acceptors (Lipinski definition) is 4. The number of hydrogen-bond donors (Lipinski definition) is 1. The predicted octanol–water partition coefficient (Wildman–Crippen LogP) is 5.65. The number of rotatable bonds is 13. The first kappa shape index (κ1) is 28.3. The van der Waals surface area contributed by atoms with Crippen LogP contribution in [0.3, 0.4) is 0 Å². The molecule has 1 N–H and O–H groups in total. The van der Waals surface area contributed by atoms with Crippen molar-refractivity contribution in [1.29, 1.82) is 0 Å². The molecule has 3 aromatic rings. The fourth-order valence-corrected chi connectivity index (χ4v) is 4.92. The minimum atomic E-state index is -0.601. The third kappa shape index (κ3) is 9.29. The first-order valence-corrected chi connectivity index (χ1v) is 13.9. The highest BCUT2D eigenvalue weighted by Gasteiger charge is 2.30. The Hall–Kier alpha value is -3.25. The zero-order valence-corrected chi connectivity index (χ0v) is 23.1. The van der Waals surface area contributed by atoms with Gasteiger partial charge in [0.05, 0.1) is 12.9 Å². The van der Waals surface area contributed by atoms with Crippen molar-refractivity contribution in [2.75, 3.05) is 19.4 Å². The number of ether oxygens (including phenoxy) is 1. The van der Waals surface area contributed by atoms with Crippen LogP contribution in [0, 0.1) is 12.8 Å². The molecule has 0 aliphatic rings. The smallest absolute Gasteiger partial charge is 0.243 e. The van der Waals surface area contributed by atoms with E-state index in [1.54, 1.807) is 23.8 Å². The fourth-order valence-electron chi connectivity index (χ4n) is 4.04. The van der Waals surface area contributed by atoms with Crippen LogP contribution in [0.5, 0.6) is 5.75 Å². The monoisotopic (exact) mass is 518 g/mol. The molecule has 0 spiro atoms. The van der Waals surface area contributed by atoms with E-state index in [0.29, 0.717) is 36.9 Å². The van der Waals surface area contributed by atoms with Gasteiger partial charge >= 0.3 is 0 Å². The Bertz CT molecular complexity index is 1130. The average molecular weight is 519 g/mol. The molecule has 0 bridgehead atoms. The highest BCUT2D eigenvalue weighted by atomic mass is 32.2. The number of thioether (sulfide) groups is 1. The van der Waals surface area contributed by atoms with E-state index in [9.17, 15) is 9.59 Å². The summed E-state index contributed by atoms with van der Waals surface area (Å²) in [5.41, 5.74) is 4.30. The minimum absolute atomic E-state index is 0.0411. The van der Waals surface area contributed by atoms with Gasteiger partial charge in [-0.15, -0.1) is 11.8 Å². The lowest BCUT2D eigenvalue weighted by Gasteiger charge is -2.32. The number of carbonyl (C=O) groups is 2. The van der Waals surface area contributed by atoms with Crippen LogP contribution in [0.15, 0.2) is 78.9 Å². The maximum atomic E-state index is 13.7. The Morgan fingerprint density at radius 3 is 2.27 bits per heavy atom. The van der Waals surface area contributed by atoms with Gasteiger partial charge in [0.15, 0.2) is 0 Å². The summed E-state index contributed by atoms with van der Waals surface area (Å²) >= 11 is 1.56. The molecule has 0 radical (unpaired) electrons. The summed E-state index contributed by atoms with van der Waals surface area (Å²) in [6.45, 7) is 7.13. The molecule has 37 heavy (non-hydrogen) atoms. The second-order valence-corrected chi connectivity index (χ2v) is 10.7. The van der Waals surface area contributed by atoms with Gasteiger partial charge in [-0.2, -0.15) is 0 Å². The first-order valence-electron chi connectivity index (χ1n) is 12.7. The highest BCUT2D eigenvalue weighted by Crippen LogP contribution is 2.20. The Balaban J connectivity index is 1.82. The minimum Gasteiger partial charge on any atom is -0.497 e. The molecule has 0 aromatic heterocycles. The largest absolute Gasteiger partial charge is 0.497 e. The summed E-state index contributed by atoms with van der Waals surface area (Å²) in [6, 6.07) is 25.3. The summed E-state index contributed by atoms with van der Waals surface area (Å²) in [5, 5.41) is 3.08. The van der Waals surface area contributed by atoms with Gasteiger partial charge < -0.3 is 15.0 Å². The van der Waals surface area contributed by atoms with Gasteiger partial charge in [0.1, 0.15) is 11.8 Å². The Labute approximate surface area is 225 Å². The van der Waals surface area contributed by atoms with Crippen LogP contribution in [0.4, 0.5) is 0 Å². The molecule has 0 fully saturated rings. The number of nitrogens with zero attached hydrogens (tertiary/aromatic N) is 1. The molecule has 3 aromatic carbocycles. The van der Waals surface area contributed by atoms with Crippen molar-refractivity contribution in [3.63, 3.8) is 0 Å². The van der Waals surface area contributed by atoms with Crippen LogP contribution in [0.2, 0.25) is 0 Å². The van der Waals surface area contributed by atoms with Crippen molar-refractivity contribution in [3.8, 4) is 5.75 Å². The van der Waals surface area contributed by atoms with Gasteiger partial charge in [0.25, 0.3) is 0 Å². The number of aryl methyl sites for hydroxylation is 1. The molecule has 0 aliphatic carbocycles. The van der Waals surface area contributed by atoms with Crippen LogP contribution < -0.4 is 10.1 Å². The zero-order chi connectivity index (χ0) is 26.6. The van der Waals surface area contributed by atoms with Crippen molar-refractivity contribution in [1.82, 2.24) is 10.2 Å². The van der Waals surface area contributed by atoms with E-state index in [4.69, 9.17) is 4.74 Å². The molecule has 2 amide bonds. The topological polar surface area (TPSA) is 58.6 Å². The molecule has 0 unspecified atom stereocenters. The van der Waals surface area contributed by atoms with E-state index in [2.05, 4.69) is 25.2 Å². The van der Waals surface area contributed by atoms with E-state index in [1.165, 1.54) is 0 Å². The third-order valence-electron chi connectivity index (χ3n) is 6.04. The van der Waals surface area contributed by atoms with Gasteiger partial charge in [-0.3, -0.25) is 9.59 Å². The van der Waals surface area contributed by atoms with Crippen molar-refractivity contribution in [2.24, 2.45) is 5.92 Å². The quantitative estimate of drug-likeness (QED) is 0.318. The van der Waals surface area contributed by atoms with Crippen LogP contribution in [-0.2, 0) is 28.3 Å². The molecular weight excluding hydrogens is 480 g/mol. The van der Waals surface area contributed by atoms with Gasteiger partial charge in [-0.05, 0) is 41.7 Å². The maximum absolute atomic E-state index is 13.7. The SMILES string of the molecule is COc1ccc(CSCC(=O)N(Cc2cccc(C)c2)[C@H](Cc2ccccc2)C(=O)NCC(C)C)cc1. The zero-order valence-electron chi connectivity index (χ0n) is 22.3. The molecule has 0 saturated heterocycles. The van der Waals surface area contributed by atoms with Crippen LogP contribution >= 0.6 is 11.8 Å². The molecule has 1 atom stereocenters. The normalized spacial score (nSPS) is 11.7. The number of carbonyl (C=O) groups excluding carboxylic acids is 2. The molecule has 196 valence electrons. The lowest BCUT2D eigenvalue weighted by Crippen LogP contribution is -2.51. The van der Waals surface area contributed by atoms with E-state index in [-0.39, 0.29) is 11.8 Å². The van der Waals surface area contributed by atoms with Crippen molar-refractivity contribution >= 4 is 23.6 Å². The second-order valence-electron chi connectivity index (χ2n) is 9.70. The molecule has 5 nitrogen and oxygen atoms in total. The fraction of sp³-hybridized carbons (Fsp3) is 0.355. The summed E-state index contributed by atoms with van der Waals surface area (Å²) in [7, 11) is 1.65. The maximum Gasteiger partial charge on any atom is 0.243 e. The lowest BCUT2D eigenvalue weighted by atomic mass is 10.0. The third-order valence-corrected chi connectivity index (χ3v) is 7.03. The molecule has 0 heterocycles. The Kier molecular flexibility index (Phi) is 11.1. The van der Waals surface area contributed by atoms with Crippen LogP contribution in [0.25, 0.3) is 0 Å². The number of nitrogens with one attached hydrogen (secondary N) is 1. The van der Waals surface area contributed by atoms with E-state index in [1.807, 2.05) is 79.7 Å². The number of benzene rings is 3. The van der Waals surface area contributed by atoms with Gasteiger partial charge in [0, 0.05) is 25.3 Å². The van der Waals surface area contributed by atoms with E-state index < -0.39 is 6.04 Å². The van der Waals surface area contributed by atoms with E-state index in [0.717, 1.165) is 28.0 Å². The molecular formula is C31H38N2O3S. The van der Waals surface area contributed by atoms with Gasteiger partial charge in [-0.1, -0.05) is 86.1 Å². The van der Waals surface area contributed by atoms with Crippen molar-refractivity contribution in [2.45, 2.75) is 45.5 Å². The van der Waals surface area contributed by atoms with Crippen molar-refractivity contribution < 1.29 is 14.3 Å². The summed E-state index contributed by atoms with van der Waals surface area (Å²) < 4.78 is 5.23. The van der Waals surface area contributed by atoms with Crippen molar-refractivity contribution in [3.05, 3.63) is 101 Å². The average Bonchev–Trinajstić information content (AvgIpc) is 2.90.